The normalized spacial score (nSPS) is 27.4. The van der Waals surface area contributed by atoms with Crippen LogP contribution in [0.1, 0.15) is 13.3 Å². The van der Waals surface area contributed by atoms with E-state index in [-0.39, 0.29) is 18.2 Å². The van der Waals surface area contributed by atoms with Crippen molar-refractivity contribution in [2.24, 2.45) is 5.41 Å². The lowest BCUT2D eigenvalue weighted by atomic mass is 9.73. The zero-order valence-electron chi connectivity index (χ0n) is 8.32. The number of carbonyl (C=O) groups excluding carboxylic acids is 2. The summed E-state index contributed by atoms with van der Waals surface area (Å²) in [6.07, 6.45) is 0.202. The molecule has 2 aliphatic heterocycles. The van der Waals surface area contributed by atoms with Gasteiger partial charge in [-0.3, -0.25) is 9.59 Å². The number of nitrogens with zero attached hydrogens (tertiary/aromatic N) is 1. The SMILES string of the molecule is CC(=O)N1CC2(CC(=O)NC2C(=O)O)C1. The number of aliphatic carboxylic acids is 1. The summed E-state index contributed by atoms with van der Waals surface area (Å²) in [4.78, 5) is 34.6. The number of hydrogen-bond donors (Lipinski definition) is 2. The molecular weight excluding hydrogens is 200 g/mol. The molecule has 6 heteroatoms. The Morgan fingerprint density at radius 1 is 1.53 bits per heavy atom. The van der Waals surface area contributed by atoms with Gasteiger partial charge in [-0.05, 0) is 0 Å². The van der Waals surface area contributed by atoms with Crippen LogP contribution in [0.25, 0.3) is 0 Å². The molecule has 2 N–H and O–H groups in total. The quantitative estimate of drug-likeness (QED) is 0.572. The van der Waals surface area contributed by atoms with E-state index in [1.807, 2.05) is 0 Å². The highest BCUT2D eigenvalue weighted by Crippen LogP contribution is 2.41. The van der Waals surface area contributed by atoms with E-state index in [1.165, 1.54) is 6.92 Å². The molecule has 2 fully saturated rings. The number of carbonyl (C=O) groups is 3. The molecule has 2 heterocycles. The number of hydrogen-bond acceptors (Lipinski definition) is 3. The van der Waals surface area contributed by atoms with Gasteiger partial charge in [0.15, 0.2) is 0 Å². The van der Waals surface area contributed by atoms with Crippen LogP contribution < -0.4 is 5.32 Å². The van der Waals surface area contributed by atoms with E-state index in [4.69, 9.17) is 5.11 Å². The Morgan fingerprint density at radius 2 is 2.13 bits per heavy atom. The Hall–Kier alpha value is -1.59. The minimum Gasteiger partial charge on any atom is -0.480 e. The number of carboxylic acids is 1. The summed E-state index contributed by atoms with van der Waals surface area (Å²) >= 11 is 0. The van der Waals surface area contributed by atoms with Crippen LogP contribution in [-0.2, 0) is 14.4 Å². The molecule has 6 nitrogen and oxygen atoms in total. The summed E-state index contributed by atoms with van der Waals surface area (Å²) in [5.74, 6) is -1.35. The molecule has 2 amide bonds. The fourth-order valence-electron chi connectivity index (χ4n) is 2.34. The third kappa shape index (κ3) is 1.36. The van der Waals surface area contributed by atoms with Gasteiger partial charge in [-0.1, -0.05) is 0 Å². The first-order valence-electron chi connectivity index (χ1n) is 4.72. The molecule has 0 aliphatic carbocycles. The lowest BCUT2D eigenvalue weighted by Crippen LogP contribution is -2.64. The zero-order valence-corrected chi connectivity index (χ0v) is 8.32. The Labute approximate surface area is 86.2 Å². The fraction of sp³-hybridized carbons (Fsp3) is 0.667. The fourth-order valence-corrected chi connectivity index (χ4v) is 2.34. The standard InChI is InChI=1S/C9H12N2O4/c1-5(12)11-3-9(4-11)2-6(13)10-7(9)8(14)15/h7H,2-4H2,1H3,(H,10,13)(H,14,15). The summed E-state index contributed by atoms with van der Waals surface area (Å²) in [6.45, 7) is 2.16. The highest BCUT2D eigenvalue weighted by molar-refractivity contribution is 5.90. The Bertz CT molecular complexity index is 346. The molecule has 82 valence electrons. The minimum absolute atomic E-state index is 0.0795. The number of amides is 2. The van der Waals surface area contributed by atoms with Gasteiger partial charge in [0.2, 0.25) is 11.8 Å². The summed E-state index contributed by atoms with van der Waals surface area (Å²) in [5.41, 5.74) is -0.575. The van der Waals surface area contributed by atoms with Crippen LogP contribution in [-0.4, -0.2) is 46.9 Å². The summed E-state index contributed by atoms with van der Waals surface area (Å²) < 4.78 is 0. The van der Waals surface area contributed by atoms with Crippen molar-refractivity contribution < 1.29 is 19.5 Å². The second-order valence-electron chi connectivity index (χ2n) is 4.25. The molecule has 2 rings (SSSR count). The monoisotopic (exact) mass is 212 g/mol. The Kier molecular flexibility index (Phi) is 1.95. The summed E-state index contributed by atoms with van der Waals surface area (Å²) in [5, 5.41) is 11.4. The molecule has 0 aromatic heterocycles. The topological polar surface area (TPSA) is 86.7 Å². The smallest absolute Gasteiger partial charge is 0.326 e. The molecule has 2 aliphatic rings. The van der Waals surface area contributed by atoms with Crippen LogP contribution in [0.3, 0.4) is 0 Å². The minimum atomic E-state index is -1.02. The van der Waals surface area contributed by atoms with Crippen molar-refractivity contribution in [2.45, 2.75) is 19.4 Å². The highest BCUT2D eigenvalue weighted by atomic mass is 16.4. The van der Waals surface area contributed by atoms with Crippen LogP contribution in [0, 0.1) is 5.41 Å². The lowest BCUT2D eigenvalue weighted by molar-refractivity contribution is -0.153. The molecule has 1 atom stereocenters. The average molecular weight is 212 g/mol. The van der Waals surface area contributed by atoms with Crippen LogP contribution in [0.4, 0.5) is 0 Å². The van der Waals surface area contributed by atoms with Crippen LogP contribution in [0.2, 0.25) is 0 Å². The third-order valence-corrected chi connectivity index (χ3v) is 3.13. The molecule has 0 aromatic rings. The van der Waals surface area contributed by atoms with Gasteiger partial charge in [-0.25, -0.2) is 4.79 Å². The largest absolute Gasteiger partial charge is 0.480 e. The van der Waals surface area contributed by atoms with Crippen molar-refractivity contribution in [3.63, 3.8) is 0 Å². The zero-order chi connectivity index (χ0) is 11.2. The van der Waals surface area contributed by atoms with E-state index in [1.54, 1.807) is 4.90 Å². The second kappa shape index (κ2) is 2.95. The molecular formula is C9H12N2O4. The number of carboxylic acid groups (broad SMARTS) is 1. The molecule has 15 heavy (non-hydrogen) atoms. The van der Waals surface area contributed by atoms with Gasteiger partial charge in [0.05, 0.1) is 0 Å². The summed E-state index contributed by atoms with van der Waals surface area (Å²) in [6, 6.07) is -0.847. The van der Waals surface area contributed by atoms with E-state index in [9.17, 15) is 14.4 Å². The predicted octanol–water partition coefficient (Wildman–Crippen LogP) is -1.19. The number of rotatable bonds is 1. The molecule has 0 bridgehead atoms. The Balaban J connectivity index is 2.13. The van der Waals surface area contributed by atoms with Crippen LogP contribution in [0.15, 0.2) is 0 Å². The summed E-state index contributed by atoms with van der Waals surface area (Å²) in [7, 11) is 0. The molecule has 0 aromatic carbocycles. The first-order valence-corrected chi connectivity index (χ1v) is 4.72. The van der Waals surface area contributed by atoms with Gasteiger partial charge < -0.3 is 15.3 Å². The Morgan fingerprint density at radius 3 is 2.60 bits per heavy atom. The van der Waals surface area contributed by atoms with Gasteiger partial charge in [0.25, 0.3) is 0 Å². The van der Waals surface area contributed by atoms with Crippen molar-refractivity contribution in [1.29, 1.82) is 0 Å². The third-order valence-electron chi connectivity index (χ3n) is 3.13. The van der Waals surface area contributed by atoms with Crippen molar-refractivity contribution in [1.82, 2.24) is 10.2 Å². The highest BCUT2D eigenvalue weighted by Gasteiger charge is 2.58. The second-order valence-corrected chi connectivity index (χ2v) is 4.25. The maximum absolute atomic E-state index is 11.2. The van der Waals surface area contributed by atoms with Gasteiger partial charge in [0.1, 0.15) is 6.04 Å². The molecule has 0 saturated carbocycles. The van der Waals surface area contributed by atoms with Crippen molar-refractivity contribution in [3.8, 4) is 0 Å². The van der Waals surface area contributed by atoms with E-state index in [0.29, 0.717) is 13.1 Å². The van der Waals surface area contributed by atoms with Crippen molar-refractivity contribution in [2.75, 3.05) is 13.1 Å². The lowest BCUT2D eigenvalue weighted by Gasteiger charge is -2.48. The van der Waals surface area contributed by atoms with Crippen molar-refractivity contribution >= 4 is 17.8 Å². The molecule has 1 spiro atoms. The van der Waals surface area contributed by atoms with Crippen molar-refractivity contribution in [3.05, 3.63) is 0 Å². The van der Waals surface area contributed by atoms with Gasteiger partial charge in [0, 0.05) is 31.8 Å². The van der Waals surface area contributed by atoms with E-state index in [2.05, 4.69) is 5.32 Å². The van der Waals surface area contributed by atoms with Gasteiger partial charge in [-0.2, -0.15) is 0 Å². The van der Waals surface area contributed by atoms with Crippen LogP contribution in [0.5, 0.6) is 0 Å². The maximum Gasteiger partial charge on any atom is 0.326 e. The number of likely N-dealkylation sites (tertiary alicyclic amines) is 1. The molecule has 0 radical (unpaired) electrons. The average Bonchev–Trinajstić information content (AvgIpc) is 2.39. The maximum atomic E-state index is 11.2. The van der Waals surface area contributed by atoms with E-state index in [0.717, 1.165) is 0 Å². The van der Waals surface area contributed by atoms with Crippen LogP contribution >= 0.6 is 0 Å². The van der Waals surface area contributed by atoms with E-state index < -0.39 is 17.4 Å². The van der Waals surface area contributed by atoms with E-state index >= 15 is 0 Å². The molecule has 1 unspecified atom stereocenters. The first-order chi connectivity index (χ1) is 6.94. The van der Waals surface area contributed by atoms with Gasteiger partial charge in [-0.15, -0.1) is 0 Å². The number of nitrogens with one attached hydrogen (secondary N) is 1. The molecule has 2 saturated heterocycles. The first kappa shape index (κ1) is 9.95. The predicted molar refractivity (Wildman–Crippen MR) is 48.9 cm³/mol. The van der Waals surface area contributed by atoms with Gasteiger partial charge >= 0.3 is 5.97 Å².